The first-order valence-electron chi connectivity index (χ1n) is 8.18. The summed E-state index contributed by atoms with van der Waals surface area (Å²) < 4.78 is 52.9. The number of rotatable bonds is 5. The fraction of sp³-hybridized carbons (Fsp3) is 0.158. The predicted octanol–water partition coefficient (Wildman–Crippen LogP) is 4.92. The summed E-state index contributed by atoms with van der Waals surface area (Å²) in [6.45, 7) is 0. The number of carbonyl (C=O) groups excluding carboxylic acids is 1. The van der Waals surface area contributed by atoms with E-state index in [9.17, 15) is 18.0 Å². The Hall–Kier alpha value is -3.01. The minimum atomic E-state index is -4.68. The molecule has 1 N–H and O–H groups in total. The van der Waals surface area contributed by atoms with Crippen LogP contribution >= 0.6 is 15.9 Å². The highest BCUT2D eigenvalue weighted by atomic mass is 79.9. The molecule has 10 heteroatoms. The highest BCUT2D eigenvalue weighted by molar-refractivity contribution is 9.10. The van der Waals surface area contributed by atoms with E-state index in [0.29, 0.717) is 16.0 Å². The Balaban J connectivity index is 1.98. The fourth-order valence-electron chi connectivity index (χ4n) is 2.63. The van der Waals surface area contributed by atoms with E-state index in [4.69, 9.17) is 9.47 Å². The second kappa shape index (κ2) is 8.16. The fourth-order valence-corrected chi connectivity index (χ4v) is 3.19. The van der Waals surface area contributed by atoms with Crippen molar-refractivity contribution in [2.45, 2.75) is 6.18 Å². The van der Waals surface area contributed by atoms with E-state index in [1.54, 1.807) is 6.07 Å². The van der Waals surface area contributed by atoms with Gasteiger partial charge in [0.2, 0.25) is 0 Å². The molecule has 1 aromatic heterocycles. The quantitative estimate of drug-likeness (QED) is 0.575. The Morgan fingerprint density at radius 3 is 2.31 bits per heavy atom. The number of ether oxygens (including phenoxy) is 2. The first-order chi connectivity index (χ1) is 13.7. The van der Waals surface area contributed by atoms with Crippen molar-refractivity contribution in [1.29, 1.82) is 0 Å². The van der Waals surface area contributed by atoms with Gasteiger partial charge in [-0.1, -0.05) is 0 Å². The normalized spacial score (nSPS) is 11.2. The van der Waals surface area contributed by atoms with Gasteiger partial charge in [-0.2, -0.15) is 18.3 Å². The lowest BCUT2D eigenvalue weighted by Gasteiger charge is -2.16. The second-order valence-corrected chi connectivity index (χ2v) is 6.62. The maximum Gasteiger partial charge on any atom is 0.418 e. The van der Waals surface area contributed by atoms with Gasteiger partial charge in [0.05, 0.1) is 31.2 Å². The van der Waals surface area contributed by atoms with E-state index < -0.39 is 17.6 Å². The zero-order valence-corrected chi connectivity index (χ0v) is 16.8. The number of amides is 1. The summed E-state index contributed by atoms with van der Waals surface area (Å²) in [5.41, 5.74) is -1.08. The van der Waals surface area contributed by atoms with Gasteiger partial charge in [0, 0.05) is 18.0 Å². The molecule has 0 saturated carbocycles. The molecule has 0 aliphatic carbocycles. The van der Waals surface area contributed by atoms with Crippen LogP contribution in [0.15, 0.2) is 53.3 Å². The third kappa shape index (κ3) is 4.37. The molecule has 1 heterocycles. The Morgan fingerprint density at radius 2 is 1.79 bits per heavy atom. The largest absolute Gasteiger partial charge is 0.495 e. The lowest BCUT2D eigenvalue weighted by molar-refractivity contribution is -0.136. The van der Waals surface area contributed by atoms with Crippen molar-refractivity contribution in [3.05, 3.63) is 64.4 Å². The molecule has 0 aliphatic heterocycles. The van der Waals surface area contributed by atoms with Gasteiger partial charge in [-0.15, -0.1) is 0 Å². The van der Waals surface area contributed by atoms with Crippen LogP contribution in [0, 0.1) is 0 Å². The van der Waals surface area contributed by atoms with Crippen molar-refractivity contribution in [1.82, 2.24) is 9.78 Å². The van der Waals surface area contributed by atoms with Crippen LogP contribution in [-0.4, -0.2) is 29.9 Å². The Kier molecular flexibility index (Phi) is 5.83. The molecule has 0 radical (unpaired) electrons. The molecule has 0 spiro atoms. The number of methoxy groups -OCH3 is 2. The first kappa shape index (κ1) is 20.7. The highest BCUT2D eigenvalue weighted by Crippen LogP contribution is 2.38. The second-order valence-electron chi connectivity index (χ2n) is 5.83. The third-order valence-electron chi connectivity index (χ3n) is 4.03. The molecule has 3 rings (SSSR count). The molecule has 0 fully saturated rings. The van der Waals surface area contributed by atoms with Gasteiger partial charge in [0.1, 0.15) is 16.0 Å². The van der Waals surface area contributed by atoms with Crippen molar-refractivity contribution in [2.75, 3.05) is 19.5 Å². The standard InChI is InChI=1S/C19H15BrF3N3O3/c1-28-15-8-11(9-16(29-2)17(15)20)18(27)25-14-5-4-12(26-7-3-6-24-26)10-13(14)19(21,22)23/h3-10H,1-2H3,(H,25,27). The van der Waals surface area contributed by atoms with Crippen LogP contribution < -0.4 is 14.8 Å². The van der Waals surface area contributed by atoms with Crippen molar-refractivity contribution in [3.63, 3.8) is 0 Å². The van der Waals surface area contributed by atoms with E-state index in [1.165, 1.54) is 55.6 Å². The monoisotopic (exact) mass is 469 g/mol. The SMILES string of the molecule is COc1cc(C(=O)Nc2ccc(-n3cccn3)cc2C(F)(F)F)cc(OC)c1Br. The topological polar surface area (TPSA) is 65.4 Å². The van der Waals surface area contributed by atoms with E-state index in [2.05, 4.69) is 26.3 Å². The van der Waals surface area contributed by atoms with Crippen LogP contribution in [-0.2, 0) is 6.18 Å². The first-order valence-corrected chi connectivity index (χ1v) is 8.98. The summed E-state index contributed by atoms with van der Waals surface area (Å²) in [6.07, 6.45) is -1.70. The maximum absolute atomic E-state index is 13.6. The summed E-state index contributed by atoms with van der Waals surface area (Å²) in [5.74, 6) is -0.134. The molecule has 29 heavy (non-hydrogen) atoms. The number of hydrogen-bond donors (Lipinski definition) is 1. The van der Waals surface area contributed by atoms with Gasteiger partial charge in [-0.3, -0.25) is 4.79 Å². The lowest BCUT2D eigenvalue weighted by atomic mass is 10.1. The molecule has 0 saturated heterocycles. The summed E-state index contributed by atoms with van der Waals surface area (Å²) in [7, 11) is 2.80. The van der Waals surface area contributed by atoms with Crippen molar-refractivity contribution >= 4 is 27.5 Å². The number of alkyl halides is 3. The molecule has 0 bridgehead atoms. The van der Waals surface area contributed by atoms with E-state index in [1.807, 2.05) is 0 Å². The van der Waals surface area contributed by atoms with Gasteiger partial charge in [-0.25, -0.2) is 4.68 Å². The number of benzene rings is 2. The van der Waals surface area contributed by atoms with Crippen LogP contribution in [0.4, 0.5) is 18.9 Å². The van der Waals surface area contributed by atoms with Gasteiger partial charge in [0.25, 0.3) is 5.91 Å². The molecule has 2 aromatic carbocycles. The highest BCUT2D eigenvalue weighted by Gasteiger charge is 2.34. The van der Waals surface area contributed by atoms with Gasteiger partial charge >= 0.3 is 6.18 Å². The minimum Gasteiger partial charge on any atom is -0.495 e. The predicted molar refractivity (Wildman–Crippen MR) is 104 cm³/mol. The van der Waals surface area contributed by atoms with E-state index >= 15 is 0 Å². The van der Waals surface area contributed by atoms with Gasteiger partial charge in [-0.05, 0) is 52.3 Å². The molecule has 152 valence electrons. The lowest BCUT2D eigenvalue weighted by Crippen LogP contribution is -2.17. The number of nitrogens with one attached hydrogen (secondary N) is 1. The summed E-state index contributed by atoms with van der Waals surface area (Å²) in [6, 6.07) is 7.93. The maximum atomic E-state index is 13.6. The van der Waals surface area contributed by atoms with E-state index in [-0.39, 0.29) is 16.9 Å². The Labute approximate surface area is 172 Å². The minimum absolute atomic E-state index is 0.0752. The summed E-state index contributed by atoms with van der Waals surface area (Å²) >= 11 is 3.28. The smallest absolute Gasteiger partial charge is 0.418 e. The molecule has 0 atom stereocenters. The summed E-state index contributed by atoms with van der Waals surface area (Å²) in [4.78, 5) is 12.6. The number of anilines is 1. The molecule has 3 aromatic rings. The number of hydrogen-bond acceptors (Lipinski definition) is 4. The van der Waals surface area contributed by atoms with Gasteiger partial charge in [0.15, 0.2) is 0 Å². The Morgan fingerprint density at radius 1 is 1.14 bits per heavy atom. The zero-order valence-electron chi connectivity index (χ0n) is 15.2. The van der Waals surface area contributed by atoms with Crippen LogP contribution in [0.5, 0.6) is 11.5 Å². The average molecular weight is 470 g/mol. The van der Waals surface area contributed by atoms with Crippen LogP contribution in [0.3, 0.4) is 0 Å². The van der Waals surface area contributed by atoms with Crippen molar-refractivity contribution < 1.29 is 27.4 Å². The van der Waals surface area contributed by atoms with Crippen molar-refractivity contribution in [2.24, 2.45) is 0 Å². The van der Waals surface area contributed by atoms with Crippen molar-refractivity contribution in [3.8, 4) is 17.2 Å². The number of halogens is 4. The van der Waals surface area contributed by atoms with Crippen LogP contribution in [0.2, 0.25) is 0 Å². The summed E-state index contributed by atoms with van der Waals surface area (Å²) in [5, 5.41) is 6.24. The number of carbonyl (C=O) groups is 1. The van der Waals surface area contributed by atoms with Crippen LogP contribution in [0.1, 0.15) is 15.9 Å². The molecule has 0 aliphatic rings. The Bertz CT molecular complexity index is 1010. The van der Waals surface area contributed by atoms with E-state index in [0.717, 1.165) is 6.07 Å². The third-order valence-corrected chi connectivity index (χ3v) is 4.82. The van der Waals surface area contributed by atoms with Crippen LogP contribution in [0.25, 0.3) is 5.69 Å². The van der Waals surface area contributed by atoms with Gasteiger partial charge < -0.3 is 14.8 Å². The molecular weight excluding hydrogens is 455 g/mol. The molecule has 6 nitrogen and oxygen atoms in total. The average Bonchev–Trinajstić information content (AvgIpc) is 3.22. The number of aromatic nitrogens is 2. The number of nitrogens with zero attached hydrogens (tertiary/aromatic N) is 2. The molecule has 0 unspecified atom stereocenters. The molecule has 1 amide bonds. The molecular formula is C19H15BrF3N3O3. The zero-order chi connectivity index (χ0) is 21.2.